The summed E-state index contributed by atoms with van der Waals surface area (Å²) in [5.74, 6) is -1.65. The second-order valence-electron chi connectivity index (χ2n) is 7.18. The lowest BCUT2D eigenvalue weighted by Gasteiger charge is -2.25. The molecular formula is C21H21ClF4N4O. The molecule has 0 radical (unpaired) electrons. The number of carbonyl (C=O) groups excluding carboxylic acids is 1. The van der Waals surface area contributed by atoms with Crippen molar-refractivity contribution >= 4 is 23.2 Å². The number of rotatable bonds is 6. The Morgan fingerprint density at radius 3 is 2.71 bits per heavy atom. The minimum absolute atomic E-state index is 0.0257. The lowest BCUT2D eigenvalue weighted by molar-refractivity contribution is -0.140. The first-order chi connectivity index (χ1) is 14.6. The van der Waals surface area contributed by atoms with Crippen molar-refractivity contribution in [2.24, 2.45) is 0 Å². The zero-order valence-corrected chi connectivity index (χ0v) is 17.6. The minimum Gasteiger partial charge on any atom is -0.358 e. The Morgan fingerprint density at radius 2 is 2.03 bits per heavy atom. The second-order valence-corrected chi connectivity index (χ2v) is 7.59. The van der Waals surface area contributed by atoms with Crippen molar-refractivity contribution in [3.8, 4) is 0 Å². The fourth-order valence-corrected chi connectivity index (χ4v) is 3.63. The van der Waals surface area contributed by atoms with Gasteiger partial charge in [-0.3, -0.25) is 9.78 Å². The maximum Gasteiger partial charge on any atom is 0.419 e. The zero-order valence-electron chi connectivity index (χ0n) is 16.8. The van der Waals surface area contributed by atoms with Gasteiger partial charge in [-0.05, 0) is 43.8 Å². The summed E-state index contributed by atoms with van der Waals surface area (Å²) in [6.07, 6.45) is -2.71. The van der Waals surface area contributed by atoms with E-state index >= 15 is 0 Å². The minimum atomic E-state index is -4.85. The fraction of sp³-hybridized carbons (Fsp3) is 0.333. The summed E-state index contributed by atoms with van der Waals surface area (Å²) in [5.41, 5.74) is 1.22. The lowest BCUT2D eigenvalue weighted by Crippen LogP contribution is -2.41. The van der Waals surface area contributed by atoms with E-state index in [0.717, 1.165) is 17.8 Å². The highest BCUT2D eigenvalue weighted by Crippen LogP contribution is 2.35. The normalized spacial score (nSPS) is 15.6. The van der Waals surface area contributed by atoms with Gasteiger partial charge in [-0.1, -0.05) is 11.6 Å². The first kappa shape index (κ1) is 23.0. The number of nitrogens with one attached hydrogen (secondary N) is 3. The van der Waals surface area contributed by atoms with Crippen LogP contribution in [0, 0.1) is 5.82 Å². The van der Waals surface area contributed by atoms with Crippen molar-refractivity contribution < 1.29 is 22.4 Å². The molecule has 0 aliphatic carbocycles. The number of benzene rings is 1. The molecule has 0 spiro atoms. The average molecular weight is 457 g/mol. The SMILES string of the molecule is CNC(C)C1=C(Nc2ccnc(Cc3cc(Cl)c(F)c(C(F)(F)F)c3)c2)CCNC1=O. The van der Waals surface area contributed by atoms with Crippen LogP contribution < -0.4 is 16.0 Å². The summed E-state index contributed by atoms with van der Waals surface area (Å²) in [4.78, 5) is 16.5. The molecule has 0 fully saturated rings. The third-order valence-corrected chi connectivity index (χ3v) is 5.26. The number of nitrogens with zero attached hydrogens (tertiary/aromatic N) is 1. The summed E-state index contributed by atoms with van der Waals surface area (Å²) < 4.78 is 53.0. The van der Waals surface area contributed by atoms with Crippen LogP contribution in [0.1, 0.15) is 30.2 Å². The van der Waals surface area contributed by atoms with E-state index in [0.29, 0.717) is 29.9 Å². The Kier molecular flexibility index (Phi) is 6.86. The first-order valence-electron chi connectivity index (χ1n) is 9.55. The molecule has 3 rings (SSSR count). The summed E-state index contributed by atoms with van der Waals surface area (Å²) in [6.45, 7) is 2.36. The van der Waals surface area contributed by atoms with Crippen LogP contribution >= 0.6 is 11.6 Å². The smallest absolute Gasteiger partial charge is 0.358 e. The van der Waals surface area contributed by atoms with Gasteiger partial charge >= 0.3 is 6.18 Å². The van der Waals surface area contributed by atoms with Crippen molar-refractivity contribution in [2.45, 2.75) is 32.0 Å². The molecule has 2 heterocycles. The molecule has 10 heteroatoms. The molecule has 166 valence electrons. The highest BCUT2D eigenvalue weighted by atomic mass is 35.5. The Balaban J connectivity index is 1.88. The number of likely N-dealkylation sites (N-methyl/N-ethyl adjacent to an activating group) is 1. The van der Waals surface area contributed by atoms with E-state index in [1.165, 1.54) is 6.20 Å². The Labute approximate surface area is 181 Å². The van der Waals surface area contributed by atoms with Crippen molar-refractivity contribution in [3.63, 3.8) is 0 Å². The molecule has 0 saturated heterocycles. The standard InChI is InChI=1S/C21H21ClF4N4O/c1-11(27-2)18-17(4-6-29-20(18)31)30-13-3-5-28-14(10-13)7-12-8-15(21(24,25)26)19(23)16(22)9-12/h3,5,8-11,27H,4,6-7H2,1-2H3,(H,28,30)(H,29,31). The Bertz CT molecular complexity index is 1020. The monoisotopic (exact) mass is 456 g/mol. The number of hydrogen-bond donors (Lipinski definition) is 3. The van der Waals surface area contributed by atoms with E-state index in [-0.39, 0.29) is 23.9 Å². The molecule has 31 heavy (non-hydrogen) atoms. The van der Waals surface area contributed by atoms with Gasteiger partial charge in [0.1, 0.15) is 0 Å². The molecule has 5 nitrogen and oxygen atoms in total. The van der Waals surface area contributed by atoms with Crippen LogP contribution in [0.2, 0.25) is 5.02 Å². The van der Waals surface area contributed by atoms with E-state index in [1.54, 1.807) is 19.2 Å². The van der Waals surface area contributed by atoms with Gasteiger partial charge in [-0.15, -0.1) is 0 Å². The van der Waals surface area contributed by atoms with Crippen LogP contribution in [0.3, 0.4) is 0 Å². The number of anilines is 1. The summed E-state index contributed by atoms with van der Waals surface area (Å²) >= 11 is 5.67. The maximum atomic E-state index is 13.8. The zero-order chi connectivity index (χ0) is 22.8. The number of hydrogen-bond acceptors (Lipinski definition) is 4. The van der Waals surface area contributed by atoms with Gasteiger partial charge in [-0.2, -0.15) is 13.2 Å². The van der Waals surface area contributed by atoms with Crippen LogP contribution in [0.15, 0.2) is 41.7 Å². The molecule has 1 aliphatic heterocycles. The highest BCUT2D eigenvalue weighted by Gasteiger charge is 2.35. The number of pyridine rings is 1. The maximum absolute atomic E-state index is 13.8. The first-order valence-corrected chi connectivity index (χ1v) is 9.93. The van der Waals surface area contributed by atoms with Crippen LogP contribution in [0.5, 0.6) is 0 Å². The molecular weight excluding hydrogens is 436 g/mol. The van der Waals surface area contributed by atoms with Crippen molar-refractivity contribution in [1.82, 2.24) is 15.6 Å². The summed E-state index contributed by atoms with van der Waals surface area (Å²) in [7, 11) is 1.75. The largest absolute Gasteiger partial charge is 0.419 e. The summed E-state index contributed by atoms with van der Waals surface area (Å²) in [6, 6.07) is 5.10. The molecule has 1 aliphatic rings. The fourth-order valence-electron chi connectivity index (χ4n) is 3.39. The highest BCUT2D eigenvalue weighted by molar-refractivity contribution is 6.30. The van der Waals surface area contributed by atoms with Crippen LogP contribution in [0.25, 0.3) is 0 Å². The van der Waals surface area contributed by atoms with Gasteiger partial charge in [-0.25, -0.2) is 4.39 Å². The third kappa shape index (κ3) is 5.34. The Morgan fingerprint density at radius 1 is 1.29 bits per heavy atom. The van der Waals surface area contributed by atoms with E-state index in [4.69, 9.17) is 11.6 Å². The molecule has 2 aromatic rings. The van der Waals surface area contributed by atoms with E-state index in [9.17, 15) is 22.4 Å². The molecule has 0 bridgehead atoms. The van der Waals surface area contributed by atoms with Crippen molar-refractivity contribution in [1.29, 1.82) is 0 Å². The van der Waals surface area contributed by atoms with E-state index in [1.807, 2.05) is 6.92 Å². The molecule has 1 atom stereocenters. The summed E-state index contributed by atoms with van der Waals surface area (Å²) in [5, 5.41) is 8.49. The molecule has 1 aromatic heterocycles. The quantitative estimate of drug-likeness (QED) is 0.568. The number of aromatic nitrogens is 1. The number of carbonyl (C=O) groups is 1. The predicted molar refractivity (Wildman–Crippen MR) is 110 cm³/mol. The topological polar surface area (TPSA) is 66.1 Å². The molecule has 1 amide bonds. The van der Waals surface area contributed by atoms with Gasteiger partial charge < -0.3 is 16.0 Å². The number of alkyl halides is 3. The second kappa shape index (κ2) is 9.23. The van der Waals surface area contributed by atoms with Gasteiger partial charge in [0.2, 0.25) is 0 Å². The molecule has 1 unspecified atom stereocenters. The predicted octanol–water partition coefficient (Wildman–Crippen LogP) is 4.28. The van der Waals surface area contributed by atoms with Crippen molar-refractivity contribution in [2.75, 3.05) is 18.9 Å². The van der Waals surface area contributed by atoms with Gasteiger partial charge in [0.05, 0.1) is 16.2 Å². The molecule has 1 aromatic carbocycles. The number of amides is 1. The Hall–Kier alpha value is -2.65. The van der Waals surface area contributed by atoms with Gasteiger partial charge in [0.25, 0.3) is 5.91 Å². The van der Waals surface area contributed by atoms with Crippen LogP contribution in [0.4, 0.5) is 23.2 Å². The third-order valence-electron chi connectivity index (χ3n) is 4.99. The number of halogens is 5. The molecule has 3 N–H and O–H groups in total. The van der Waals surface area contributed by atoms with Crippen LogP contribution in [-0.4, -0.2) is 30.5 Å². The van der Waals surface area contributed by atoms with Gasteiger partial charge in [0.15, 0.2) is 5.82 Å². The van der Waals surface area contributed by atoms with Gasteiger partial charge in [0, 0.05) is 48.7 Å². The average Bonchev–Trinajstić information content (AvgIpc) is 2.69. The van der Waals surface area contributed by atoms with Crippen molar-refractivity contribution in [3.05, 3.63) is 69.4 Å². The van der Waals surface area contributed by atoms with E-state index < -0.39 is 22.6 Å². The van der Waals surface area contributed by atoms with Crippen LogP contribution in [-0.2, 0) is 17.4 Å². The van der Waals surface area contributed by atoms with E-state index in [2.05, 4.69) is 20.9 Å². The lowest BCUT2D eigenvalue weighted by atomic mass is 10.00. The molecule has 0 saturated carbocycles.